The van der Waals surface area contributed by atoms with Crippen molar-refractivity contribution in [2.75, 3.05) is 6.54 Å². The fourth-order valence-electron chi connectivity index (χ4n) is 2.22. The van der Waals surface area contributed by atoms with E-state index in [1.807, 2.05) is 10.8 Å². The molecule has 0 radical (unpaired) electrons. The molecule has 0 aliphatic rings. The summed E-state index contributed by atoms with van der Waals surface area (Å²) >= 11 is 0. The van der Waals surface area contributed by atoms with Crippen LogP contribution in [0.4, 0.5) is 0 Å². The molecule has 0 aromatic carbocycles. The van der Waals surface area contributed by atoms with E-state index in [2.05, 4.69) is 38.4 Å². The van der Waals surface area contributed by atoms with E-state index in [1.165, 1.54) is 5.56 Å². The molecule has 1 aromatic rings. The largest absolute Gasteiger partial charge is 0.481 e. The summed E-state index contributed by atoms with van der Waals surface area (Å²) < 4.78 is 1.97. The Balaban J connectivity index is 2.84. The van der Waals surface area contributed by atoms with E-state index < -0.39 is 11.4 Å². The standard InChI is InChI=1S/C15H26N2O2/c1-6-16-13(11(2)3)12-7-8-17(9-12)10-15(4,5)14(18)19/h7-9,11,13,16H,6,10H2,1-5H3,(H,18,19). The lowest BCUT2D eigenvalue weighted by molar-refractivity contribution is -0.147. The highest BCUT2D eigenvalue weighted by Crippen LogP contribution is 2.24. The number of carboxylic acid groups (broad SMARTS) is 1. The molecule has 4 nitrogen and oxygen atoms in total. The van der Waals surface area contributed by atoms with Gasteiger partial charge in [0.25, 0.3) is 0 Å². The average molecular weight is 266 g/mol. The van der Waals surface area contributed by atoms with Crippen molar-refractivity contribution < 1.29 is 9.90 Å². The zero-order chi connectivity index (χ0) is 14.6. The zero-order valence-corrected chi connectivity index (χ0v) is 12.6. The number of hydrogen-bond donors (Lipinski definition) is 2. The minimum Gasteiger partial charge on any atom is -0.481 e. The Labute approximate surface area is 115 Å². The van der Waals surface area contributed by atoms with Crippen LogP contribution in [0.3, 0.4) is 0 Å². The van der Waals surface area contributed by atoms with Crippen molar-refractivity contribution in [3.05, 3.63) is 24.0 Å². The van der Waals surface area contributed by atoms with Crippen LogP contribution in [-0.2, 0) is 11.3 Å². The summed E-state index contributed by atoms with van der Waals surface area (Å²) in [5, 5.41) is 12.6. The fraction of sp³-hybridized carbons (Fsp3) is 0.667. The summed E-state index contributed by atoms with van der Waals surface area (Å²) in [6.07, 6.45) is 4.02. The average Bonchev–Trinajstić information content (AvgIpc) is 2.72. The van der Waals surface area contributed by atoms with Gasteiger partial charge >= 0.3 is 5.97 Å². The molecule has 0 bridgehead atoms. The first kappa shape index (κ1) is 15.8. The Morgan fingerprint density at radius 3 is 2.58 bits per heavy atom. The Morgan fingerprint density at radius 2 is 2.11 bits per heavy atom. The first-order valence-electron chi connectivity index (χ1n) is 6.90. The third kappa shape index (κ3) is 4.10. The smallest absolute Gasteiger partial charge is 0.310 e. The van der Waals surface area contributed by atoms with Crippen molar-refractivity contribution >= 4 is 5.97 Å². The lowest BCUT2D eigenvalue weighted by Crippen LogP contribution is -2.29. The molecule has 0 fully saturated rings. The quantitative estimate of drug-likeness (QED) is 0.798. The van der Waals surface area contributed by atoms with Crippen molar-refractivity contribution in [2.45, 2.75) is 47.2 Å². The maximum absolute atomic E-state index is 11.2. The van der Waals surface area contributed by atoms with Gasteiger partial charge in [0.1, 0.15) is 0 Å². The van der Waals surface area contributed by atoms with Crippen molar-refractivity contribution in [1.29, 1.82) is 0 Å². The topological polar surface area (TPSA) is 54.3 Å². The second kappa shape index (κ2) is 6.24. The number of aliphatic carboxylic acids is 1. The maximum Gasteiger partial charge on any atom is 0.310 e. The predicted molar refractivity (Wildman–Crippen MR) is 77.1 cm³/mol. The van der Waals surface area contributed by atoms with Gasteiger partial charge in [-0.25, -0.2) is 0 Å². The number of hydrogen-bond acceptors (Lipinski definition) is 2. The first-order chi connectivity index (χ1) is 8.77. The van der Waals surface area contributed by atoms with Gasteiger partial charge < -0.3 is 15.0 Å². The maximum atomic E-state index is 11.2. The predicted octanol–water partition coefficient (Wildman–Crippen LogP) is 2.91. The highest BCUT2D eigenvalue weighted by Gasteiger charge is 2.27. The van der Waals surface area contributed by atoms with Crippen LogP contribution < -0.4 is 5.32 Å². The van der Waals surface area contributed by atoms with E-state index in [-0.39, 0.29) is 0 Å². The molecular weight excluding hydrogens is 240 g/mol. The molecule has 1 atom stereocenters. The van der Waals surface area contributed by atoms with Gasteiger partial charge in [-0.15, -0.1) is 0 Å². The molecule has 2 N–H and O–H groups in total. The number of carboxylic acids is 1. The summed E-state index contributed by atoms with van der Waals surface area (Å²) in [6, 6.07) is 2.39. The SMILES string of the molecule is CCNC(c1ccn(CC(C)(C)C(=O)O)c1)C(C)C. The van der Waals surface area contributed by atoms with Gasteiger partial charge in [-0.2, -0.15) is 0 Å². The number of aromatic nitrogens is 1. The molecule has 0 saturated carbocycles. The molecule has 19 heavy (non-hydrogen) atoms. The van der Waals surface area contributed by atoms with Crippen LogP contribution in [-0.4, -0.2) is 22.2 Å². The third-order valence-electron chi connectivity index (χ3n) is 3.38. The van der Waals surface area contributed by atoms with Gasteiger partial charge in [-0.05, 0) is 37.9 Å². The second-order valence-corrected chi connectivity index (χ2v) is 6.09. The van der Waals surface area contributed by atoms with Crippen LogP contribution >= 0.6 is 0 Å². The van der Waals surface area contributed by atoms with Crippen molar-refractivity contribution in [2.24, 2.45) is 11.3 Å². The molecule has 1 unspecified atom stereocenters. The molecule has 0 saturated heterocycles. The Kier molecular flexibility index (Phi) is 5.18. The minimum absolute atomic E-state index is 0.319. The molecule has 0 aliphatic heterocycles. The van der Waals surface area contributed by atoms with E-state index >= 15 is 0 Å². The lowest BCUT2D eigenvalue weighted by atomic mass is 9.94. The van der Waals surface area contributed by atoms with E-state index in [9.17, 15) is 4.79 Å². The molecule has 0 aliphatic carbocycles. The van der Waals surface area contributed by atoms with E-state index in [1.54, 1.807) is 13.8 Å². The first-order valence-corrected chi connectivity index (χ1v) is 6.90. The molecule has 108 valence electrons. The highest BCUT2D eigenvalue weighted by atomic mass is 16.4. The summed E-state index contributed by atoms with van der Waals surface area (Å²) in [7, 11) is 0. The van der Waals surface area contributed by atoms with Crippen LogP contribution in [0.5, 0.6) is 0 Å². The van der Waals surface area contributed by atoms with Gasteiger partial charge in [-0.3, -0.25) is 4.79 Å². The van der Waals surface area contributed by atoms with Gasteiger partial charge in [0.2, 0.25) is 0 Å². The number of rotatable bonds is 7. The van der Waals surface area contributed by atoms with Crippen LogP contribution in [0.1, 0.15) is 46.2 Å². The number of nitrogens with zero attached hydrogens (tertiary/aromatic N) is 1. The Hall–Kier alpha value is -1.29. The van der Waals surface area contributed by atoms with Crippen molar-refractivity contribution in [1.82, 2.24) is 9.88 Å². The Morgan fingerprint density at radius 1 is 1.47 bits per heavy atom. The van der Waals surface area contributed by atoms with Gasteiger partial charge in [-0.1, -0.05) is 20.8 Å². The highest BCUT2D eigenvalue weighted by molar-refractivity contribution is 5.73. The molecule has 1 aromatic heterocycles. The number of nitrogens with one attached hydrogen (secondary N) is 1. The molecule has 0 amide bonds. The van der Waals surface area contributed by atoms with Gasteiger partial charge in [0, 0.05) is 25.0 Å². The van der Waals surface area contributed by atoms with Crippen LogP contribution in [0, 0.1) is 11.3 Å². The zero-order valence-electron chi connectivity index (χ0n) is 12.6. The van der Waals surface area contributed by atoms with Crippen LogP contribution in [0.25, 0.3) is 0 Å². The third-order valence-corrected chi connectivity index (χ3v) is 3.38. The number of carbonyl (C=O) groups is 1. The normalized spacial score (nSPS) is 13.8. The van der Waals surface area contributed by atoms with Crippen molar-refractivity contribution in [3.63, 3.8) is 0 Å². The van der Waals surface area contributed by atoms with E-state index in [4.69, 9.17) is 5.11 Å². The van der Waals surface area contributed by atoms with Gasteiger partial charge in [0.05, 0.1) is 5.41 Å². The van der Waals surface area contributed by atoms with E-state index in [0.29, 0.717) is 18.5 Å². The molecule has 1 rings (SSSR count). The van der Waals surface area contributed by atoms with Gasteiger partial charge in [0.15, 0.2) is 0 Å². The summed E-state index contributed by atoms with van der Waals surface area (Å²) in [5.41, 5.74) is 0.472. The van der Waals surface area contributed by atoms with Crippen LogP contribution in [0.15, 0.2) is 18.5 Å². The van der Waals surface area contributed by atoms with E-state index in [0.717, 1.165) is 6.54 Å². The molecule has 4 heteroatoms. The molecule has 1 heterocycles. The van der Waals surface area contributed by atoms with Crippen LogP contribution in [0.2, 0.25) is 0 Å². The lowest BCUT2D eigenvalue weighted by Gasteiger charge is -2.22. The summed E-state index contributed by atoms with van der Waals surface area (Å²) in [4.78, 5) is 11.2. The minimum atomic E-state index is -0.769. The Bertz CT molecular complexity index is 422. The molecular formula is C15H26N2O2. The summed E-state index contributed by atoms with van der Waals surface area (Å²) in [6.45, 7) is 11.4. The second-order valence-electron chi connectivity index (χ2n) is 6.09. The van der Waals surface area contributed by atoms with Crippen molar-refractivity contribution in [3.8, 4) is 0 Å². The fourth-order valence-corrected chi connectivity index (χ4v) is 2.22. The molecule has 0 spiro atoms. The monoisotopic (exact) mass is 266 g/mol. The summed E-state index contributed by atoms with van der Waals surface area (Å²) in [5.74, 6) is -0.266.